The highest BCUT2D eigenvalue weighted by atomic mass is 16.3. The molecule has 0 fully saturated rings. The molecular formula is C43H24N2O3. The zero-order chi connectivity index (χ0) is 31.3. The third-order valence-electron chi connectivity index (χ3n) is 9.70. The molecule has 0 aliphatic rings. The van der Waals surface area contributed by atoms with E-state index < -0.39 is 0 Å². The van der Waals surface area contributed by atoms with Gasteiger partial charge < -0.3 is 18.2 Å². The summed E-state index contributed by atoms with van der Waals surface area (Å²) in [6, 6.07) is 48.6. The maximum Gasteiger partial charge on any atom is 0.227 e. The molecule has 11 aromatic rings. The van der Waals surface area contributed by atoms with Gasteiger partial charge in [0.25, 0.3) is 0 Å². The number of nitrogens with zero attached hydrogens (tertiary/aromatic N) is 2. The van der Waals surface area contributed by atoms with Crippen molar-refractivity contribution in [2.45, 2.75) is 0 Å². The lowest BCUT2D eigenvalue weighted by Crippen LogP contribution is -2.09. The number of aromatic nitrogens is 1. The first-order valence-corrected chi connectivity index (χ1v) is 16.0. The minimum Gasteiger partial charge on any atom is -0.456 e. The van der Waals surface area contributed by atoms with Crippen LogP contribution in [0.3, 0.4) is 0 Å². The van der Waals surface area contributed by atoms with Crippen molar-refractivity contribution in [3.8, 4) is 0 Å². The van der Waals surface area contributed by atoms with Gasteiger partial charge in [0, 0.05) is 73.1 Å². The molecule has 5 nitrogen and oxygen atoms in total. The summed E-state index contributed by atoms with van der Waals surface area (Å²) in [7, 11) is 0. The molecule has 0 saturated carbocycles. The Morgan fingerprint density at radius 2 is 0.938 bits per heavy atom. The number of hydrogen-bond donors (Lipinski definition) is 0. The predicted molar refractivity (Wildman–Crippen MR) is 196 cm³/mol. The lowest BCUT2D eigenvalue weighted by atomic mass is 9.99. The van der Waals surface area contributed by atoms with E-state index in [0.717, 1.165) is 98.8 Å². The lowest BCUT2D eigenvalue weighted by Gasteiger charge is -2.26. The fraction of sp³-hybridized carbons (Fsp3) is 0. The molecule has 0 saturated heterocycles. The van der Waals surface area contributed by atoms with Crippen LogP contribution in [0, 0.1) is 0 Å². The summed E-state index contributed by atoms with van der Waals surface area (Å²) in [4.78, 5) is 6.76. The Morgan fingerprint density at radius 3 is 1.65 bits per heavy atom. The Balaban J connectivity index is 1.15. The molecule has 0 unspecified atom stereocenters. The normalized spacial score (nSPS) is 12.2. The van der Waals surface area contributed by atoms with Crippen LogP contribution in [0.5, 0.6) is 0 Å². The average Bonchev–Trinajstić information content (AvgIpc) is 3.82. The van der Waals surface area contributed by atoms with Crippen molar-refractivity contribution in [2.75, 3.05) is 4.90 Å². The molecule has 4 aromatic heterocycles. The van der Waals surface area contributed by atoms with Crippen LogP contribution in [0.4, 0.5) is 17.1 Å². The minimum atomic E-state index is 0.654. The van der Waals surface area contributed by atoms with Gasteiger partial charge in [-0.2, -0.15) is 0 Å². The van der Waals surface area contributed by atoms with Gasteiger partial charge in [-0.25, -0.2) is 4.98 Å². The molecule has 0 amide bonds. The Hall–Kier alpha value is -6.59. The van der Waals surface area contributed by atoms with Crippen LogP contribution in [0.25, 0.3) is 87.5 Å². The SMILES string of the molecule is c1ccc2c(c1)oc1cc(N(c3ccc4c(ccc5ccc6c7cccnc7oc6c54)c3)c3ccc4c(c3)oc3ccccc34)ccc12. The van der Waals surface area contributed by atoms with Crippen molar-refractivity contribution in [1.29, 1.82) is 0 Å². The summed E-state index contributed by atoms with van der Waals surface area (Å²) in [5.41, 5.74) is 7.96. The van der Waals surface area contributed by atoms with Gasteiger partial charge >= 0.3 is 0 Å². The third kappa shape index (κ3) is 3.58. The molecule has 0 atom stereocenters. The van der Waals surface area contributed by atoms with E-state index >= 15 is 0 Å². The van der Waals surface area contributed by atoms with Gasteiger partial charge in [0.05, 0.1) is 0 Å². The van der Waals surface area contributed by atoms with E-state index in [1.807, 2.05) is 30.3 Å². The molecule has 4 heterocycles. The monoisotopic (exact) mass is 616 g/mol. The fourth-order valence-electron chi connectivity index (χ4n) is 7.50. The van der Waals surface area contributed by atoms with Crippen LogP contribution in [-0.2, 0) is 0 Å². The topological polar surface area (TPSA) is 55.6 Å². The van der Waals surface area contributed by atoms with Crippen LogP contribution in [0.2, 0.25) is 0 Å². The van der Waals surface area contributed by atoms with Crippen LogP contribution >= 0.6 is 0 Å². The second kappa shape index (κ2) is 9.47. The van der Waals surface area contributed by atoms with Crippen molar-refractivity contribution in [3.05, 3.63) is 146 Å². The molecule has 0 spiro atoms. The highest BCUT2D eigenvalue weighted by Crippen LogP contribution is 2.43. The van der Waals surface area contributed by atoms with E-state index in [-0.39, 0.29) is 0 Å². The molecule has 0 aliphatic carbocycles. The zero-order valence-electron chi connectivity index (χ0n) is 25.5. The van der Waals surface area contributed by atoms with Gasteiger partial charge in [-0.1, -0.05) is 60.7 Å². The van der Waals surface area contributed by atoms with Gasteiger partial charge in [0.15, 0.2) is 0 Å². The molecule has 48 heavy (non-hydrogen) atoms. The molecular weight excluding hydrogens is 592 g/mol. The number of para-hydroxylation sites is 2. The van der Waals surface area contributed by atoms with E-state index in [2.05, 4.69) is 119 Å². The van der Waals surface area contributed by atoms with Gasteiger partial charge in [-0.3, -0.25) is 0 Å². The highest BCUT2D eigenvalue weighted by Gasteiger charge is 2.19. The van der Waals surface area contributed by atoms with Gasteiger partial charge in [-0.15, -0.1) is 0 Å². The third-order valence-corrected chi connectivity index (χ3v) is 9.70. The van der Waals surface area contributed by atoms with E-state index in [9.17, 15) is 0 Å². The van der Waals surface area contributed by atoms with E-state index in [0.29, 0.717) is 5.71 Å². The zero-order valence-corrected chi connectivity index (χ0v) is 25.5. The first kappa shape index (κ1) is 25.6. The summed E-state index contributed by atoms with van der Waals surface area (Å²) >= 11 is 0. The number of pyridine rings is 1. The number of furan rings is 3. The lowest BCUT2D eigenvalue weighted by molar-refractivity contribution is 0.658. The molecule has 0 N–H and O–H groups in total. The summed E-state index contributed by atoms with van der Waals surface area (Å²) < 4.78 is 19.1. The van der Waals surface area contributed by atoms with Crippen LogP contribution in [-0.4, -0.2) is 4.98 Å². The quantitative estimate of drug-likeness (QED) is 0.185. The van der Waals surface area contributed by atoms with E-state index in [1.165, 1.54) is 0 Å². The molecule has 224 valence electrons. The number of fused-ring (bicyclic) bond motifs is 13. The number of anilines is 3. The molecule has 0 bridgehead atoms. The van der Waals surface area contributed by atoms with Crippen molar-refractivity contribution in [2.24, 2.45) is 0 Å². The summed E-state index contributed by atoms with van der Waals surface area (Å²) in [5, 5.41) is 11.0. The second-order valence-corrected chi connectivity index (χ2v) is 12.4. The van der Waals surface area contributed by atoms with Crippen LogP contribution in [0.15, 0.2) is 159 Å². The van der Waals surface area contributed by atoms with E-state index in [4.69, 9.17) is 13.3 Å². The van der Waals surface area contributed by atoms with Crippen LogP contribution < -0.4 is 4.90 Å². The summed E-state index contributed by atoms with van der Waals surface area (Å²) in [5.74, 6) is 0. The maximum absolute atomic E-state index is 6.38. The Morgan fingerprint density at radius 1 is 0.396 bits per heavy atom. The summed E-state index contributed by atoms with van der Waals surface area (Å²) in [6.07, 6.45) is 1.78. The smallest absolute Gasteiger partial charge is 0.227 e. The predicted octanol–water partition coefficient (Wildman–Crippen LogP) is 12.6. The Bertz CT molecular complexity index is 2980. The first-order chi connectivity index (χ1) is 23.8. The second-order valence-electron chi connectivity index (χ2n) is 12.4. The molecule has 0 aliphatic heterocycles. The average molecular weight is 617 g/mol. The number of benzene rings is 7. The summed E-state index contributed by atoms with van der Waals surface area (Å²) in [6.45, 7) is 0. The minimum absolute atomic E-state index is 0.654. The number of hydrogen-bond acceptors (Lipinski definition) is 5. The molecule has 7 aromatic carbocycles. The maximum atomic E-state index is 6.38. The molecule has 5 heteroatoms. The van der Waals surface area contributed by atoms with Crippen LogP contribution in [0.1, 0.15) is 0 Å². The standard InChI is InChI=1S/C43H24N2O3/c1-3-9-37-31(6-1)33-19-15-28(23-39(33)46-37)45(29-16-20-34-32-7-2-4-10-38(32)47-40(34)24-29)27-14-18-30-26(22-27)12-11-25-13-17-35-36-8-5-21-44-43(36)48-42(35)41(25)30/h1-24H. The largest absolute Gasteiger partial charge is 0.456 e. The Kier molecular flexibility index (Phi) is 5.05. The van der Waals surface area contributed by atoms with Crippen molar-refractivity contribution in [1.82, 2.24) is 4.98 Å². The molecule has 0 radical (unpaired) electrons. The molecule has 11 rings (SSSR count). The van der Waals surface area contributed by atoms with Crippen molar-refractivity contribution >= 4 is 105 Å². The van der Waals surface area contributed by atoms with Gasteiger partial charge in [-0.05, 0) is 82.9 Å². The van der Waals surface area contributed by atoms with Gasteiger partial charge in [0.2, 0.25) is 5.71 Å². The first-order valence-electron chi connectivity index (χ1n) is 16.0. The van der Waals surface area contributed by atoms with Gasteiger partial charge in [0.1, 0.15) is 27.9 Å². The number of rotatable bonds is 3. The van der Waals surface area contributed by atoms with E-state index in [1.54, 1.807) is 6.20 Å². The van der Waals surface area contributed by atoms with Crippen molar-refractivity contribution < 1.29 is 13.3 Å². The van der Waals surface area contributed by atoms with Crippen molar-refractivity contribution in [3.63, 3.8) is 0 Å². The fourth-order valence-corrected chi connectivity index (χ4v) is 7.50. The highest BCUT2D eigenvalue weighted by molar-refractivity contribution is 6.23. The Labute approximate surface area is 272 Å².